The lowest BCUT2D eigenvalue weighted by molar-refractivity contribution is -0.717. The molecule has 4 fully saturated rings. The first-order valence-corrected chi connectivity index (χ1v) is 10.8. The molecular formula is C21H30BrN2O2+. The number of carbonyl (C=O) groups is 1. The molecule has 1 amide bonds. The van der Waals surface area contributed by atoms with Crippen LogP contribution >= 0.6 is 15.9 Å². The van der Waals surface area contributed by atoms with Crippen LogP contribution in [-0.2, 0) is 11.3 Å². The number of primary amides is 1. The van der Waals surface area contributed by atoms with E-state index in [1.165, 1.54) is 38.5 Å². The van der Waals surface area contributed by atoms with E-state index in [0.29, 0.717) is 11.5 Å². The predicted molar refractivity (Wildman–Crippen MR) is 105 cm³/mol. The van der Waals surface area contributed by atoms with E-state index in [-0.39, 0.29) is 6.61 Å². The number of ether oxygens (including phenoxy) is 1. The Kier molecular flexibility index (Phi) is 5.04. The molecule has 0 spiro atoms. The van der Waals surface area contributed by atoms with Crippen molar-refractivity contribution < 1.29 is 14.8 Å². The number of amides is 1. The maximum absolute atomic E-state index is 11.1. The van der Waals surface area contributed by atoms with Gasteiger partial charge in [-0.25, -0.2) is 0 Å². The molecule has 26 heavy (non-hydrogen) atoms. The minimum atomic E-state index is -0.440. The molecule has 5 rings (SSSR count). The molecule has 1 atom stereocenters. The van der Waals surface area contributed by atoms with Crippen molar-refractivity contribution in [3.05, 3.63) is 28.2 Å². The van der Waals surface area contributed by atoms with Crippen LogP contribution in [0.1, 0.15) is 51.0 Å². The van der Waals surface area contributed by atoms with Gasteiger partial charge in [0.1, 0.15) is 12.3 Å². The highest BCUT2D eigenvalue weighted by molar-refractivity contribution is 9.10. The Bertz CT molecular complexity index is 655. The third kappa shape index (κ3) is 3.65. The summed E-state index contributed by atoms with van der Waals surface area (Å²) in [5, 5.41) is 2.49. The highest BCUT2D eigenvalue weighted by atomic mass is 79.9. The normalized spacial score (nSPS) is 33.2. The van der Waals surface area contributed by atoms with Gasteiger partial charge in [-0.05, 0) is 81.4 Å². The van der Waals surface area contributed by atoms with Gasteiger partial charge in [0.2, 0.25) is 0 Å². The third-order valence-corrected chi connectivity index (χ3v) is 7.63. The summed E-state index contributed by atoms with van der Waals surface area (Å²) in [5.41, 5.74) is 6.89. The molecule has 4 bridgehead atoms. The fourth-order valence-corrected chi connectivity index (χ4v) is 6.69. The molecule has 142 valence electrons. The first kappa shape index (κ1) is 18.3. The van der Waals surface area contributed by atoms with Gasteiger partial charge in [-0.1, -0.05) is 15.9 Å². The van der Waals surface area contributed by atoms with E-state index in [2.05, 4.69) is 34.2 Å². The van der Waals surface area contributed by atoms with E-state index in [0.717, 1.165) is 40.1 Å². The summed E-state index contributed by atoms with van der Waals surface area (Å²) in [6, 6.07) is 6.59. The van der Waals surface area contributed by atoms with Gasteiger partial charge in [0, 0.05) is 15.5 Å². The van der Waals surface area contributed by atoms with Crippen LogP contribution in [0, 0.1) is 23.2 Å². The minimum Gasteiger partial charge on any atom is -0.483 e. The van der Waals surface area contributed by atoms with Crippen molar-refractivity contribution in [2.75, 3.05) is 6.61 Å². The first-order chi connectivity index (χ1) is 12.4. The minimum absolute atomic E-state index is 0.0703. The second kappa shape index (κ2) is 7.16. The topological polar surface area (TPSA) is 68.9 Å². The van der Waals surface area contributed by atoms with E-state index in [1.807, 2.05) is 12.1 Å². The van der Waals surface area contributed by atoms with Crippen molar-refractivity contribution in [2.45, 2.75) is 58.0 Å². The van der Waals surface area contributed by atoms with Crippen LogP contribution in [0.5, 0.6) is 5.75 Å². The SMILES string of the molecule is C[C@@H]([NH2+]Cc1cc(Br)ccc1OCC(N)=O)C12CC3CC(CC(C3)C1)C2. The molecule has 1 aromatic rings. The largest absolute Gasteiger partial charge is 0.483 e. The van der Waals surface area contributed by atoms with Crippen LogP contribution in [0.15, 0.2) is 22.7 Å². The van der Waals surface area contributed by atoms with Gasteiger partial charge in [0.25, 0.3) is 5.91 Å². The van der Waals surface area contributed by atoms with Crippen molar-refractivity contribution in [2.24, 2.45) is 28.9 Å². The predicted octanol–water partition coefficient (Wildman–Crippen LogP) is 2.98. The number of nitrogens with two attached hydrogens (primary N) is 2. The molecule has 4 N–H and O–H groups in total. The van der Waals surface area contributed by atoms with Crippen molar-refractivity contribution in [1.29, 1.82) is 0 Å². The number of quaternary nitrogens is 1. The molecule has 0 heterocycles. The number of halogens is 1. The third-order valence-electron chi connectivity index (χ3n) is 7.14. The zero-order valence-electron chi connectivity index (χ0n) is 15.5. The van der Waals surface area contributed by atoms with E-state index < -0.39 is 5.91 Å². The summed E-state index contributed by atoms with van der Waals surface area (Å²) in [4.78, 5) is 11.1. The van der Waals surface area contributed by atoms with Crippen LogP contribution in [-0.4, -0.2) is 18.6 Å². The quantitative estimate of drug-likeness (QED) is 0.710. The summed E-state index contributed by atoms with van der Waals surface area (Å²) < 4.78 is 6.66. The van der Waals surface area contributed by atoms with Gasteiger partial charge in [0.15, 0.2) is 6.61 Å². The molecule has 4 aliphatic carbocycles. The van der Waals surface area contributed by atoms with Crippen molar-refractivity contribution in [3.63, 3.8) is 0 Å². The van der Waals surface area contributed by atoms with Crippen LogP contribution in [0.4, 0.5) is 0 Å². The molecule has 4 aliphatic rings. The van der Waals surface area contributed by atoms with E-state index in [1.54, 1.807) is 0 Å². The summed E-state index contributed by atoms with van der Waals surface area (Å²) in [6.07, 6.45) is 8.76. The molecule has 4 nitrogen and oxygen atoms in total. The molecule has 1 aromatic carbocycles. The maximum atomic E-state index is 11.1. The summed E-state index contributed by atoms with van der Waals surface area (Å²) in [6.45, 7) is 3.23. The van der Waals surface area contributed by atoms with Gasteiger partial charge in [0.05, 0.1) is 6.04 Å². The van der Waals surface area contributed by atoms with Gasteiger partial charge < -0.3 is 15.8 Å². The standard InChI is InChI=1S/C21H29BrN2O2/c1-13(21-8-14-4-15(9-21)6-16(5-14)10-21)24-11-17-7-18(22)2-3-19(17)26-12-20(23)25/h2-3,7,13-16,24H,4-6,8-12H2,1H3,(H2,23,25)/p+1/t13-,14?,15?,16?,21?/m1/s1. The van der Waals surface area contributed by atoms with Gasteiger partial charge in [-0.15, -0.1) is 0 Å². The van der Waals surface area contributed by atoms with Crippen molar-refractivity contribution in [1.82, 2.24) is 0 Å². The molecule has 0 unspecified atom stereocenters. The van der Waals surface area contributed by atoms with Gasteiger partial charge in [-0.2, -0.15) is 0 Å². The van der Waals surface area contributed by atoms with Crippen LogP contribution in [0.3, 0.4) is 0 Å². The Morgan fingerprint density at radius 3 is 2.46 bits per heavy atom. The Balaban J connectivity index is 1.44. The number of benzene rings is 1. The van der Waals surface area contributed by atoms with Crippen molar-refractivity contribution >= 4 is 21.8 Å². The highest BCUT2D eigenvalue weighted by Gasteiger charge is 2.54. The second-order valence-corrected chi connectivity index (χ2v) is 9.93. The van der Waals surface area contributed by atoms with E-state index >= 15 is 0 Å². The van der Waals surface area contributed by atoms with Crippen LogP contribution < -0.4 is 15.8 Å². The number of hydrogen-bond donors (Lipinski definition) is 2. The lowest BCUT2D eigenvalue weighted by Gasteiger charge is -2.57. The zero-order valence-corrected chi connectivity index (χ0v) is 17.1. The molecule has 0 radical (unpaired) electrons. The zero-order chi connectivity index (χ0) is 18.3. The molecule has 0 aromatic heterocycles. The fraction of sp³-hybridized carbons (Fsp3) is 0.667. The second-order valence-electron chi connectivity index (χ2n) is 9.02. The Hall–Kier alpha value is -1.07. The Morgan fingerprint density at radius 1 is 1.27 bits per heavy atom. The number of rotatable bonds is 7. The summed E-state index contributed by atoms with van der Waals surface area (Å²) >= 11 is 3.55. The first-order valence-electron chi connectivity index (χ1n) is 9.96. The van der Waals surface area contributed by atoms with Crippen molar-refractivity contribution in [3.8, 4) is 5.75 Å². The lowest BCUT2D eigenvalue weighted by atomic mass is 9.48. The lowest BCUT2D eigenvalue weighted by Crippen LogP contribution is -2.91. The summed E-state index contributed by atoms with van der Waals surface area (Å²) in [5.74, 6) is 3.28. The monoisotopic (exact) mass is 421 g/mol. The Morgan fingerprint density at radius 2 is 1.88 bits per heavy atom. The maximum Gasteiger partial charge on any atom is 0.255 e. The molecule has 4 saturated carbocycles. The molecule has 0 aliphatic heterocycles. The number of carbonyl (C=O) groups excluding carboxylic acids is 1. The van der Waals surface area contributed by atoms with E-state index in [9.17, 15) is 4.79 Å². The average molecular weight is 422 g/mol. The molecule has 5 heteroatoms. The van der Waals surface area contributed by atoms with E-state index in [4.69, 9.17) is 10.5 Å². The number of hydrogen-bond acceptors (Lipinski definition) is 2. The molecule has 0 saturated heterocycles. The van der Waals surface area contributed by atoms with Gasteiger partial charge >= 0.3 is 0 Å². The van der Waals surface area contributed by atoms with Crippen LogP contribution in [0.2, 0.25) is 0 Å². The highest BCUT2D eigenvalue weighted by Crippen LogP contribution is 2.60. The summed E-state index contributed by atoms with van der Waals surface area (Å²) in [7, 11) is 0. The van der Waals surface area contributed by atoms with Crippen LogP contribution in [0.25, 0.3) is 0 Å². The molecular weight excluding hydrogens is 392 g/mol. The van der Waals surface area contributed by atoms with Gasteiger partial charge in [-0.3, -0.25) is 4.79 Å². The fourth-order valence-electron chi connectivity index (χ4n) is 6.29. The smallest absolute Gasteiger partial charge is 0.255 e. The Labute approximate surface area is 164 Å². The average Bonchev–Trinajstić information content (AvgIpc) is 2.57.